The standard InChI is InChI=1S/C20H30N2O2/c1-3-5-12-19(17(21)23)13-8-9-14-20(19,18(22)24)16-11-7-6-10-15(16)4-2/h6-7,10-11H,3-5,8-9,12-14H2,1-2H3,(H2,21,23)(H2,22,24). The Kier molecular flexibility index (Phi) is 5.68. The number of primary amides is 2. The molecule has 1 fully saturated rings. The van der Waals surface area contributed by atoms with E-state index in [4.69, 9.17) is 11.5 Å². The van der Waals surface area contributed by atoms with E-state index >= 15 is 0 Å². The van der Waals surface area contributed by atoms with Gasteiger partial charge in [-0.15, -0.1) is 0 Å². The van der Waals surface area contributed by atoms with Crippen LogP contribution in [0.5, 0.6) is 0 Å². The SMILES string of the molecule is CCCCC1(C(N)=O)CCCCC1(C(N)=O)c1ccccc1CC. The van der Waals surface area contributed by atoms with Crippen LogP contribution in [0.15, 0.2) is 24.3 Å². The summed E-state index contributed by atoms with van der Waals surface area (Å²) in [5.74, 6) is -0.779. The van der Waals surface area contributed by atoms with Gasteiger partial charge in [0.25, 0.3) is 0 Å². The number of nitrogens with two attached hydrogens (primary N) is 2. The van der Waals surface area contributed by atoms with Crippen molar-refractivity contribution in [3.63, 3.8) is 0 Å². The molecule has 132 valence electrons. The summed E-state index contributed by atoms with van der Waals surface area (Å²) in [4.78, 5) is 25.5. The number of benzene rings is 1. The zero-order valence-electron chi connectivity index (χ0n) is 14.9. The molecule has 0 radical (unpaired) electrons. The van der Waals surface area contributed by atoms with Gasteiger partial charge in [0.1, 0.15) is 0 Å². The molecule has 2 amide bonds. The topological polar surface area (TPSA) is 86.2 Å². The molecule has 1 aromatic rings. The molecule has 0 spiro atoms. The Morgan fingerprint density at radius 2 is 1.71 bits per heavy atom. The van der Waals surface area contributed by atoms with Crippen LogP contribution in [0.2, 0.25) is 0 Å². The van der Waals surface area contributed by atoms with E-state index in [0.717, 1.165) is 43.2 Å². The number of unbranched alkanes of at least 4 members (excludes halogenated alkanes) is 1. The minimum absolute atomic E-state index is 0.375. The molecule has 0 bridgehead atoms. The van der Waals surface area contributed by atoms with Crippen molar-refractivity contribution < 1.29 is 9.59 Å². The molecule has 0 heterocycles. The van der Waals surface area contributed by atoms with Gasteiger partial charge in [0.05, 0.1) is 10.8 Å². The second-order valence-electron chi connectivity index (χ2n) is 7.04. The van der Waals surface area contributed by atoms with E-state index in [1.807, 2.05) is 24.3 Å². The zero-order chi connectivity index (χ0) is 17.8. The van der Waals surface area contributed by atoms with Crippen LogP contribution in [-0.2, 0) is 21.4 Å². The van der Waals surface area contributed by atoms with Crippen molar-refractivity contribution in [1.82, 2.24) is 0 Å². The van der Waals surface area contributed by atoms with E-state index in [-0.39, 0.29) is 5.91 Å². The highest BCUT2D eigenvalue weighted by Gasteiger charge is 2.60. The number of hydrogen-bond acceptors (Lipinski definition) is 2. The average molecular weight is 330 g/mol. The third kappa shape index (κ3) is 2.72. The highest BCUT2D eigenvalue weighted by atomic mass is 16.2. The molecule has 4 N–H and O–H groups in total. The molecule has 1 aliphatic carbocycles. The predicted octanol–water partition coefficient (Wildman–Crippen LogP) is 3.21. The summed E-state index contributed by atoms with van der Waals surface area (Å²) in [7, 11) is 0. The maximum Gasteiger partial charge on any atom is 0.229 e. The third-order valence-electron chi connectivity index (χ3n) is 5.93. The number of carbonyl (C=O) groups excluding carboxylic acids is 2. The molecule has 4 nitrogen and oxygen atoms in total. The number of amides is 2. The molecule has 0 aliphatic heterocycles. The summed E-state index contributed by atoms with van der Waals surface area (Å²) in [6, 6.07) is 7.90. The molecule has 1 saturated carbocycles. The number of aryl methyl sites for hydroxylation is 1. The van der Waals surface area contributed by atoms with E-state index in [2.05, 4.69) is 13.8 Å². The highest BCUT2D eigenvalue weighted by Crippen LogP contribution is 2.55. The van der Waals surface area contributed by atoms with Crippen LogP contribution in [-0.4, -0.2) is 11.8 Å². The van der Waals surface area contributed by atoms with Crippen LogP contribution in [0.3, 0.4) is 0 Å². The Balaban J connectivity index is 2.75. The quantitative estimate of drug-likeness (QED) is 0.804. The van der Waals surface area contributed by atoms with E-state index in [1.165, 1.54) is 0 Å². The molecule has 1 aromatic carbocycles. The maximum absolute atomic E-state index is 12.8. The molecular weight excluding hydrogens is 300 g/mol. The van der Waals surface area contributed by atoms with Crippen LogP contribution in [0.4, 0.5) is 0 Å². The molecule has 4 heteroatoms. The fourth-order valence-electron chi connectivity index (χ4n) is 4.67. The van der Waals surface area contributed by atoms with Crippen LogP contribution in [0, 0.1) is 5.41 Å². The second kappa shape index (κ2) is 7.37. The van der Waals surface area contributed by atoms with Crippen molar-refractivity contribution >= 4 is 11.8 Å². The third-order valence-corrected chi connectivity index (χ3v) is 5.93. The minimum atomic E-state index is -0.987. The van der Waals surface area contributed by atoms with E-state index < -0.39 is 16.7 Å². The molecule has 2 rings (SSSR count). The second-order valence-corrected chi connectivity index (χ2v) is 7.04. The Labute approximate surface area is 145 Å². The molecule has 1 aliphatic rings. The van der Waals surface area contributed by atoms with Crippen molar-refractivity contribution in [2.75, 3.05) is 0 Å². The first kappa shape index (κ1) is 18.5. The van der Waals surface area contributed by atoms with Gasteiger partial charge in [-0.05, 0) is 36.8 Å². The van der Waals surface area contributed by atoms with Gasteiger partial charge in [-0.3, -0.25) is 9.59 Å². The van der Waals surface area contributed by atoms with Crippen molar-refractivity contribution in [2.45, 2.75) is 70.6 Å². The van der Waals surface area contributed by atoms with Gasteiger partial charge in [-0.25, -0.2) is 0 Å². The molecule has 24 heavy (non-hydrogen) atoms. The fourth-order valence-corrected chi connectivity index (χ4v) is 4.67. The van der Waals surface area contributed by atoms with Crippen LogP contribution in [0.25, 0.3) is 0 Å². The number of rotatable bonds is 7. The first-order valence-corrected chi connectivity index (χ1v) is 9.14. The minimum Gasteiger partial charge on any atom is -0.369 e. The van der Waals surface area contributed by atoms with Crippen LogP contribution in [0.1, 0.15) is 69.9 Å². The molecular formula is C20H30N2O2. The maximum atomic E-state index is 12.8. The Bertz CT molecular complexity index is 613. The van der Waals surface area contributed by atoms with Gasteiger partial charge < -0.3 is 11.5 Å². The summed E-state index contributed by atoms with van der Waals surface area (Å²) < 4.78 is 0. The van der Waals surface area contributed by atoms with E-state index in [1.54, 1.807) is 0 Å². The van der Waals surface area contributed by atoms with Crippen LogP contribution < -0.4 is 11.5 Å². The van der Waals surface area contributed by atoms with Gasteiger partial charge in [-0.2, -0.15) is 0 Å². The van der Waals surface area contributed by atoms with Crippen molar-refractivity contribution in [3.8, 4) is 0 Å². The Hall–Kier alpha value is -1.84. The average Bonchev–Trinajstić information content (AvgIpc) is 2.59. The molecule has 0 aromatic heterocycles. The first-order chi connectivity index (χ1) is 11.5. The largest absolute Gasteiger partial charge is 0.369 e. The smallest absolute Gasteiger partial charge is 0.229 e. The molecule has 0 saturated heterocycles. The van der Waals surface area contributed by atoms with E-state index in [9.17, 15) is 9.59 Å². The van der Waals surface area contributed by atoms with Crippen molar-refractivity contribution in [1.29, 1.82) is 0 Å². The Morgan fingerprint density at radius 1 is 1.04 bits per heavy atom. The summed E-state index contributed by atoms with van der Waals surface area (Å²) in [5, 5.41) is 0. The highest BCUT2D eigenvalue weighted by molar-refractivity contribution is 5.97. The predicted molar refractivity (Wildman–Crippen MR) is 96.3 cm³/mol. The Morgan fingerprint density at radius 3 is 2.29 bits per heavy atom. The van der Waals surface area contributed by atoms with Gasteiger partial charge >= 0.3 is 0 Å². The number of carbonyl (C=O) groups is 2. The molecule has 2 unspecified atom stereocenters. The molecule has 2 atom stereocenters. The van der Waals surface area contributed by atoms with Crippen molar-refractivity contribution in [3.05, 3.63) is 35.4 Å². The first-order valence-electron chi connectivity index (χ1n) is 9.14. The lowest BCUT2D eigenvalue weighted by Gasteiger charge is -2.51. The fraction of sp³-hybridized carbons (Fsp3) is 0.600. The van der Waals surface area contributed by atoms with Crippen LogP contribution >= 0.6 is 0 Å². The van der Waals surface area contributed by atoms with Gasteiger partial charge in [0, 0.05) is 0 Å². The summed E-state index contributed by atoms with van der Waals surface area (Å²) >= 11 is 0. The summed E-state index contributed by atoms with van der Waals surface area (Å²) in [5.41, 5.74) is 12.1. The monoisotopic (exact) mass is 330 g/mol. The summed E-state index contributed by atoms with van der Waals surface area (Å²) in [6.45, 7) is 4.15. The number of hydrogen-bond donors (Lipinski definition) is 2. The van der Waals surface area contributed by atoms with Gasteiger partial charge in [0.15, 0.2) is 0 Å². The lowest BCUT2D eigenvalue weighted by atomic mass is 9.50. The van der Waals surface area contributed by atoms with E-state index in [0.29, 0.717) is 19.3 Å². The lowest BCUT2D eigenvalue weighted by Crippen LogP contribution is -2.61. The van der Waals surface area contributed by atoms with Gasteiger partial charge in [-0.1, -0.05) is 63.8 Å². The normalized spacial score (nSPS) is 26.9. The summed E-state index contributed by atoms with van der Waals surface area (Å²) in [6.07, 6.45) is 6.30. The zero-order valence-corrected chi connectivity index (χ0v) is 14.9. The lowest BCUT2D eigenvalue weighted by molar-refractivity contribution is -0.146. The van der Waals surface area contributed by atoms with Gasteiger partial charge in [0.2, 0.25) is 11.8 Å². The van der Waals surface area contributed by atoms with Crippen molar-refractivity contribution in [2.24, 2.45) is 16.9 Å².